The predicted octanol–water partition coefficient (Wildman–Crippen LogP) is 6.24. The normalized spacial score (nSPS) is 39.7. The third kappa shape index (κ3) is 3.60. The van der Waals surface area contributed by atoms with Crippen molar-refractivity contribution in [1.29, 1.82) is 5.41 Å². The molecule has 0 bridgehead atoms. The first-order valence-electron chi connectivity index (χ1n) is 8.97. The first-order valence-corrected chi connectivity index (χ1v) is 8.97. The number of rotatable bonds is 4. The van der Waals surface area contributed by atoms with E-state index in [0.717, 1.165) is 11.8 Å². The minimum atomic E-state index is 0.125. The Morgan fingerprint density at radius 1 is 1.24 bits per heavy atom. The quantitative estimate of drug-likeness (QED) is 0.468. The van der Waals surface area contributed by atoms with E-state index in [1.807, 2.05) is 0 Å². The molecular weight excluding hydrogens is 254 g/mol. The highest BCUT2D eigenvalue weighted by Crippen LogP contribution is 2.52. The molecule has 0 saturated heterocycles. The molecule has 1 nitrogen and oxygen atoms in total. The standard InChI is InChI=1S/C20H35N/c1-15-7-8-16(2)17(13-15)9-10-18-19(3,4)11-6-12-20(18,5)14-21/h8,14-15,17-18,21H,6-7,9-13H2,1-5H3/t15?,17?,18?,20-/m0/s1. The Labute approximate surface area is 132 Å². The van der Waals surface area contributed by atoms with Gasteiger partial charge in [-0.3, -0.25) is 0 Å². The molecule has 21 heavy (non-hydrogen) atoms. The van der Waals surface area contributed by atoms with Crippen LogP contribution in [0.25, 0.3) is 0 Å². The summed E-state index contributed by atoms with van der Waals surface area (Å²) in [5.41, 5.74) is 2.14. The second-order valence-corrected chi connectivity index (χ2v) is 8.84. The van der Waals surface area contributed by atoms with Crippen molar-refractivity contribution in [3.05, 3.63) is 11.6 Å². The van der Waals surface area contributed by atoms with Gasteiger partial charge in [-0.2, -0.15) is 0 Å². The molecule has 2 aliphatic carbocycles. The molecule has 1 fully saturated rings. The fourth-order valence-electron chi connectivity index (χ4n) is 5.09. The van der Waals surface area contributed by atoms with Crippen molar-refractivity contribution in [2.24, 2.45) is 28.6 Å². The average molecular weight is 290 g/mol. The average Bonchev–Trinajstić information content (AvgIpc) is 2.41. The van der Waals surface area contributed by atoms with Gasteiger partial charge in [0, 0.05) is 11.6 Å². The van der Waals surface area contributed by atoms with Gasteiger partial charge in [0.1, 0.15) is 0 Å². The van der Waals surface area contributed by atoms with Gasteiger partial charge in [-0.25, -0.2) is 0 Å². The molecule has 1 N–H and O–H groups in total. The monoisotopic (exact) mass is 289 g/mol. The molecule has 3 unspecified atom stereocenters. The van der Waals surface area contributed by atoms with Crippen molar-refractivity contribution < 1.29 is 0 Å². The Morgan fingerprint density at radius 3 is 2.62 bits per heavy atom. The van der Waals surface area contributed by atoms with Crippen molar-refractivity contribution in [1.82, 2.24) is 0 Å². The zero-order chi connectivity index (χ0) is 15.7. The molecule has 120 valence electrons. The Kier molecular flexibility index (Phi) is 5.00. The molecule has 0 aliphatic heterocycles. The summed E-state index contributed by atoms with van der Waals surface area (Å²) in [6, 6.07) is 0. The van der Waals surface area contributed by atoms with Gasteiger partial charge in [0.05, 0.1) is 0 Å². The highest BCUT2D eigenvalue weighted by atomic mass is 14.5. The molecule has 0 spiro atoms. The van der Waals surface area contributed by atoms with Crippen molar-refractivity contribution in [2.45, 2.75) is 79.6 Å². The molecule has 1 heteroatoms. The van der Waals surface area contributed by atoms with Crippen LogP contribution >= 0.6 is 0 Å². The highest BCUT2D eigenvalue weighted by molar-refractivity contribution is 5.62. The molecule has 0 amide bonds. The van der Waals surface area contributed by atoms with Crippen LogP contribution < -0.4 is 0 Å². The highest BCUT2D eigenvalue weighted by Gasteiger charge is 2.45. The Bertz CT molecular complexity index is 406. The Balaban J connectivity index is 2.07. The molecule has 2 rings (SSSR count). The molecule has 0 aromatic heterocycles. The Hall–Kier alpha value is -0.590. The molecule has 2 aliphatic rings. The van der Waals surface area contributed by atoms with Crippen LogP contribution in [0.2, 0.25) is 0 Å². The van der Waals surface area contributed by atoms with Crippen LogP contribution in [0.3, 0.4) is 0 Å². The number of allylic oxidation sites excluding steroid dienone is 2. The van der Waals surface area contributed by atoms with Crippen LogP contribution in [0.1, 0.15) is 79.6 Å². The van der Waals surface area contributed by atoms with Crippen LogP contribution in [0, 0.1) is 34.0 Å². The Morgan fingerprint density at radius 2 is 1.95 bits per heavy atom. The lowest BCUT2D eigenvalue weighted by Gasteiger charge is -2.50. The third-order valence-electron chi connectivity index (χ3n) is 6.58. The van der Waals surface area contributed by atoms with E-state index in [-0.39, 0.29) is 5.41 Å². The van der Waals surface area contributed by atoms with E-state index < -0.39 is 0 Å². The second kappa shape index (κ2) is 6.26. The van der Waals surface area contributed by atoms with Crippen LogP contribution in [-0.2, 0) is 0 Å². The lowest BCUT2D eigenvalue weighted by Crippen LogP contribution is -2.43. The van der Waals surface area contributed by atoms with Gasteiger partial charge in [-0.1, -0.05) is 45.8 Å². The minimum absolute atomic E-state index is 0.125. The first kappa shape index (κ1) is 16.8. The molecule has 0 heterocycles. The zero-order valence-corrected chi connectivity index (χ0v) is 14.8. The van der Waals surface area contributed by atoms with Gasteiger partial charge in [-0.15, -0.1) is 0 Å². The van der Waals surface area contributed by atoms with E-state index in [9.17, 15) is 0 Å². The lowest BCUT2D eigenvalue weighted by molar-refractivity contribution is 0.0389. The second-order valence-electron chi connectivity index (χ2n) is 8.84. The van der Waals surface area contributed by atoms with E-state index in [1.165, 1.54) is 44.9 Å². The van der Waals surface area contributed by atoms with E-state index in [1.54, 1.807) is 11.8 Å². The summed E-state index contributed by atoms with van der Waals surface area (Å²) in [4.78, 5) is 0. The largest absolute Gasteiger partial charge is 0.313 e. The van der Waals surface area contributed by atoms with Crippen LogP contribution in [0.4, 0.5) is 0 Å². The summed E-state index contributed by atoms with van der Waals surface area (Å²) in [6.45, 7) is 11.9. The van der Waals surface area contributed by atoms with Crippen molar-refractivity contribution in [3.63, 3.8) is 0 Å². The number of hydrogen-bond donors (Lipinski definition) is 1. The van der Waals surface area contributed by atoms with Gasteiger partial charge in [-0.05, 0) is 68.6 Å². The SMILES string of the molecule is CC1=CCC(C)CC1CCC1C(C)(C)CCC[C@@]1(C)C=N. The molecule has 0 aromatic carbocycles. The van der Waals surface area contributed by atoms with Gasteiger partial charge in [0.2, 0.25) is 0 Å². The topological polar surface area (TPSA) is 23.9 Å². The molecule has 0 radical (unpaired) electrons. The molecule has 4 atom stereocenters. The molecule has 0 aromatic rings. The van der Waals surface area contributed by atoms with Gasteiger partial charge >= 0.3 is 0 Å². The maximum Gasteiger partial charge on any atom is 0.00546 e. The van der Waals surface area contributed by atoms with Crippen molar-refractivity contribution in [2.75, 3.05) is 0 Å². The van der Waals surface area contributed by atoms with Gasteiger partial charge < -0.3 is 5.41 Å². The first-order chi connectivity index (χ1) is 9.78. The summed E-state index contributed by atoms with van der Waals surface area (Å²) in [7, 11) is 0. The minimum Gasteiger partial charge on any atom is -0.313 e. The summed E-state index contributed by atoms with van der Waals surface area (Å²) in [6.07, 6.45) is 13.3. The van der Waals surface area contributed by atoms with Gasteiger partial charge in [0.15, 0.2) is 0 Å². The van der Waals surface area contributed by atoms with Crippen LogP contribution in [0.15, 0.2) is 11.6 Å². The smallest absolute Gasteiger partial charge is 0.00546 e. The molecular formula is C20H35N. The van der Waals surface area contributed by atoms with Crippen molar-refractivity contribution >= 4 is 6.21 Å². The summed E-state index contributed by atoms with van der Waals surface area (Å²) in [5.74, 6) is 2.31. The summed E-state index contributed by atoms with van der Waals surface area (Å²) < 4.78 is 0. The van der Waals surface area contributed by atoms with Crippen molar-refractivity contribution in [3.8, 4) is 0 Å². The van der Waals surface area contributed by atoms with E-state index in [0.29, 0.717) is 11.3 Å². The molecule has 1 saturated carbocycles. The zero-order valence-electron chi connectivity index (χ0n) is 14.8. The maximum absolute atomic E-state index is 7.96. The van der Waals surface area contributed by atoms with E-state index in [2.05, 4.69) is 40.7 Å². The summed E-state index contributed by atoms with van der Waals surface area (Å²) >= 11 is 0. The number of hydrogen-bond acceptors (Lipinski definition) is 1. The fraction of sp³-hybridized carbons (Fsp3) is 0.850. The van der Waals surface area contributed by atoms with Crippen LogP contribution in [0.5, 0.6) is 0 Å². The third-order valence-corrected chi connectivity index (χ3v) is 6.58. The van der Waals surface area contributed by atoms with Gasteiger partial charge in [0.25, 0.3) is 0 Å². The van der Waals surface area contributed by atoms with Crippen LogP contribution in [-0.4, -0.2) is 6.21 Å². The fourth-order valence-corrected chi connectivity index (χ4v) is 5.09. The summed E-state index contributed by atoms with van der Waals surface area (Å²) in [5, 5.41) is 7.96. The maximum atomic E-state index is 7.96. The van der Waals surface area contributed by atoms with E-state index in [4.69, 9.17) is 5.41 Å². The predicted molar refractivity (Wildman–Crippen MR) is 92.9 cm³/mol. The lowest BCUT2D eigenvalue weighted by atomic mass is 9.55. The number of nitrogens with one attached hydrogen (secondary N) is 1. The van der Waals surface area contributed by atoms with E-state index >= 15 is 0 Å².